The van der Waals surface area contributed by atoms with Gasteiger partial charge in [-0.25, -0.2) is 4.39 Å². The molecule has 4 unspecified atom stereocenters. The minimum Gasteiger partial charge on any atom is -0.468 e. The molecule has 1 fully saturated rings. The van der Waals surface area contributed by atoms with Crippen LogP contribution in [0.25, 0.3) is 10.9 Å². The smallest absolute Gasteiger partial charge is 0.323 e. The van der Waals surface area contributed by atoms with Crippen LogP contribution in [-0.4, -0.2) is 35.0 Å². The van der Waals surface area contributed by atoms with E-state index in [1.807, 2.05) is 42.5 Å². The van der Waals surface area contributed by atoms with Crippen molar-refractivity contribution in [2.24, 2.45) is 0 Å². The molecule has 4 aromatic rings. The number of hydrogen-bond acceptors (Lipinski definition) is 4. The van der Waals surface area contributed by atoms with Crippen LogP contribution in [0.4, 0.5) is 4.39 Å². The minimum atomic E-state index is -0.480. The largest absolute Gasteiger partial charge is 0.468 e. The molecule has 6 rings (SSSR count). The highest BCUT2D eigenvalue weighted by Crippen LogP contribution is 2.49. The molecule has 184 valence electrons. The number of halogens is 1. The number of fused-ring (bicyclic) bond motifs is 5. The molecular weight excluding hydrogens is 453 g/mol. The minimum absolute atomic E-state index is 0.0723. The van der Waals surface area contributed by atoms with Crippen molar-refractivity contribution in [2.75, 3.05) is 7.11 Å². The van der Waals surface area contributed by atoms with E-state index >= 15 is 4.39 Å². The first-order valence-electron chi connectivity index (χ1n) is 12.6. The van der Waals surface area contributed by atoms with E-state index in [1.165, 1.54) is 24.3 Å². The van der Waals surface area contributed by atoms with E-state index in [2.05, 4.69) is 39.5 Å². The fourth-order valence-corrected chi connectivity index (χ4v) is 6.22. The van der Waals surface area contributed by atoms with Gasteiger partial charge in [-0.2, -0.15) is 0 Å². The van der Waals surface area contributed by atoms with Gasteiger partial charge in [0.15, 0.2) is 0 Å². The van der Waals surface area contributed by atoms with Gasteiger partial charge >= 0.3 is 5.97 Å². The van der Waals surface area contributed by atoms with Gasteiger partial charge in [0.1, 0.15) is 11.9 Å². The Kier molecular flexibility index (Phi) is 6.07. The number of methoxy groups -OCH3 is 1. The van der Waals surface area contributed by atoms with E-state index in [4.69, 9.17) is 4.74 Å². The van der Waals surface area contributed by atoms with Gasteiger partial charge in [-0.1, -0.05) is 66.7 Å². The molecule has 0 spiro atoms. The maximum Gasteiger partial charge on any atom is 0.323 e. The summed E-state index contributed by atoms with van der Waals surface area (Å²) in [5, 5.41) is 4.88. The molecule has 0 saturated carbocycles. The van der Waals surface area contributed by atoms with Crippen LogP contribution >= 0.6 is 0 Å². The Balaban J connectivity index is 1.44. The van der Waals surface area contributed by atoms with Crippen LogP contribution in [-0.2, 0) is 22.5 Å². The molecule has 2 N–H and O–H groups in total. The summed E-state index contributed by atoms with van der Waals surface area (Å²) in [7, 11) is 1.44. The molecular formula is C30H30FN3O2. The van der Waals surface area contributed by atoms with E-state index in [1.54, 1.807) is 6.07 Å². The van der Waals surface area contributed by atoms with Crippen LogP contribution in [0.1, 0.15) is 47.3 Å². The predicted octanol–water partition coefficient (Wildman–Crippen LogP) is 5.44. The summed E-state index contributed by atoms with van der Waals surface area (Å²) >= 11 is 0. The molecule has 2 aliphatic rings. The van der Waals surface area contributed by atoms with Crippen molar-refractivity contribution in [1.29, 1.82) is 0 Å². The zero-order valence-corrected chi connectivity index (χ0v) is 20.3. The molecule has 36 heavy (non-hydrogen) atoms. The average molecular weight is 484 g/mol. The summed E-state index contributed by atoms with van der Waals surface area (Å²) in [6.07, 6.45) is 2.05. The normalized spacial score (nSPS) is 23.7. The number of nitrogens with zero attached hydrogens (tertiary/aromatic N) is 1. The Labute approximate surface area is 210 Å². The first-order valence-corrected chi connectivity index (χ1v) is 12.6. The lowest BCUT2D eigenvalue weighted by Crippen LogP contribution is -2.55. The zero-order valence-electron chi connectivity index (χ0n) is 20.3. The number of carbonyl (C=O) groups is 1. The third-order valence-electron chi connectivity index (χ3n) is 7.85. The molecule has 1 aromatic heterocycles. The van der Waals surface area contributed by atoms with Crippen LogP contribution < -0.4 is 5.32 Å². The summed E-state index contributed by atoms with van der Waals surface area (Å²) < 4.78 is 20.5. The van der Waals surface area contributed by atoms with Crippen molar-refractivity contribution in [2.45, 2.75) is 50.0 Å². The number of piperidine rings is 1. The SMILES string of the molecule is COC(=O)C1Cc2c([nH]c3ccccc23)C2CC(NCc3ccccc3)CC(c3ccccc3F)N12. The second-order valence-corrected chi connectivity index (χ2v) is 9.84. The Morgan fingerprint density at radius 2 is 1.72 bits per heavy atom. The maximum absolute atomic E-state index is 15.2. The average Bonchev–Trinajstić information content (AvgIpc) is 3.30. The molecule has 2 aliphatic heterocycles. The Morgan fingerprint density at radius 3 is 2.53 bits per heavy atom. The van der Waals surface area contributed by atoms with Crippen LogP contribution in [0.2, 0.25) is 0 Å². The lowest BCUT2D eigenvalue weighted by atomic mass is 9.79. The molecule has 0 bridgehead atoms. The lowest BCUT2D eigenvalue weighted by molar-refractivity contribution is -0.152. The van der Waals surface area contributed by atoms with Crippen molar-refractivity contribution in [3.8, 4) is 0 Å². The number of esters is 1. The third kappa shape index (κ3) is 4.00. The van der Waals surface area contributed by atoms with Gasteiger partial charge in [-0.3, -0.25) is 9.69 Å². The van der Waals surface area contributed by atoms with E-state index in [0.29, 0.717) is 18.4 Å². The fourth-order valence-electron chi connectivity index (χ4n) is 6.22. The number of ether oxygens (including phenoxy) is 1. The zero-order chi connectivity index (χ0) is 24.6. The Hall–Kier alpha value is -3.48. The van der Waals surface area contributed by atoms with Crippen molar-refractivity contribution >= 4 is 16.9 Å². The van der Waals surface area contributed by atoms with Crippen LogP contribution in [0.15, 0.2) is 78.9 Å². The number of hydrogen-bond donors (Lipinski definition) is 2. The second kappa shape index (κ2) is 9.52. The van der Waals surface area contributed by atoms with Gasteiger partial charge in [0, 0.05) is 47.2 Å². The first kappa shape index (κ1) is 23.0. The van der Waals surface area contributed by atoms with Crippen molar-refractivity contribution in [3.63, 3.8) is 0 Å². The lowest BCUT2D eigenvalue weighted by Gasteiger charge is -2.50. The highest BCUT2D eigenvalue weighted by Gasteiger charge is 2.48. The number of H-pyrrole nitrogens is 1. The molecule has 0 aliphatic carbocycles. The van der Waals surface area contributed by atoms with Gasteiger partial charge in [0.25, 0.3) is 0 Å². The van der Waals surface area contributed by atoms with E-state index < -0.39 is 6.04 Å². The molecule has 6 heteroatoms. The summed E-state index contributed by atoms with van der Waals surface area (Å²) in [4.78, 5) is 19.0. The molecule has 1 saturated heterocycles. The maximum atomic E-state index is 15.2. The first-order chi connectivity index (χ1) is 17.6. The van der Waals surface area contributed by atoms with Gasteiger partial charge < -0.3 is 15.0 Å². The van der Waals surface area contributed by atoms with Crippen molar-refractivity contribution < 1.29 is 13.9 Å². The van der Waals surface area contributed by atoms with Gasteiger partial charge in [-0.15, -0.1) is 0 Å². The number of carbonyl (C=O) groups excluding carboxylic acids is 1. The summed E-state index contributed by atoms with van der Waals surface area (Å²) in [5.41, 5.74) is 5.20. The fraction of sp³-hybridized carbons (Fsp3) is 0.300. The summed E-state index contributed by atoms with van der Waals surface area (Å²) in [6.45, 7) is 0.738. The molecule has 4 atom stereocenters. The predicted molar refractivity (Wildman–Crippen MR) is 138 cm³/mol. The second-order valence-electron chi connectivity index (χ2n) is 9.84. The van der Waals surface area contributed by atoms with Crippen LogP contribution in [0.5, 0.6) is 0 Å². The summed E-state index contributed by atoms with van der Waals surface area (Å²) in [6, 6.07) is 24.8. The van der Waals surface area contributed by atoms with Gasteiger partial charge in [-0.05, 0) is 36.1 Å². The quantitative estimate of drug-likeness (QED) is 0.371. The summed E-state index contributed by atoms with van der Waals surface area (Å²) in [5.74, 6) is -0.510. The van der Waals surface area contributed by atoms with E-state index in [0.717, 1.165) is 29.6 Å². The highest BCUT2D eigenvalue weighted by molar-refractivity contribution is 5.87. The number of aromatic amines is 1. The number of nitrogens with one attached hydrogen (secondary N) is 2. The molecule has 5 nitrogen and oxygen atoms in total. The molecule has 0 radical (unpaired) electrons. The van der Waals surface area contributed by atoms with Crippen LogP contribution in [0.3, 0.4) is 0 Å². The molecule has 3 heterocycles. The Bertz CT molecular complexity index is 1390. The Morgan fingerprint density at radius 1 is 1.00 bits per heavy atom. The van der Waals surface area contributed by atoms with Crippen molar-refractivity contribution in [3.05, 3.63) is 107 Å². The van der Waals surface area contributed by atoms with Gasteiger partial charge in [0.05, 0.1) is 13.2 Å². The number of benzene rings is 3. The van der Waals surface area contributed by atoms with Crippen molar-refractivity contribution in [1.82, 2.24) is 15.2 Å². The highest BCUT2D eigenvalue weighted by atomic mass is 19.1. The number of para-hydroxylation sites is 1. The molecule has 0 amide bonds. The van der Waals surface area contributed by atoms with E-state index in [-0.39, 0.29) is 29.9 Å². The number of aromatic nitrogens is 1. The topological polar surface area (TPSA) is 57.4 Å². The standard InChI is InChI=1S/C30H30FN3O2/c1-36-30(35)28-17-23-21-11-6-8-14-25(21)33-29(23)27-16-20(32-18-19-9-3-2-4-10-19)15-26(34(27)28)22-12-5-7-13-24(22)31/h2-14,20,26-28,32-33H,15-18H2,1H3. The van der Waals surface area contributed by atoms with Crippen LogP contribution in [0, 0.1) is 5.82 Å². The number of rotatable bonds is 5. The monoisotopic (exact) mass is 483 g/mol. The third-order valence-corrected chi connectivity index (χ3v) is 7.85. The van der Waals surface area contributed by atoms with E-state index in [9.17, 15) is 4.79 Å². The molecule has 3 aromatic carbocycles. The van der Waals surface area contributed by atoms with Gasteiger partial charge in [0.2, 0.25) is 0 Å².